The van der Waals surface area contributed by atoms with Crippen molar-refractivity contribution in [2.24, 2.45) is 0 Å². The fourth-order valence-corrected chi connectivity index (χ4v) is 4.73. The van der Waals surface area contributed by atoms with Crippen LogP contribution < -0.4 is 14.7 Å². The third-order valence-corrected chi connectivity index (χ3v) is 6.78. The van der Waals surface area contributed by atoms with Crippen molar-refractivity contribution in [2.45, 2.75) is 26.1 Å². The number of alkyl halides is 3. The van der Waals surface area contributed by atoms with Gasteiger partial charge >= 0.3 is 6.18 Å². The summed E-state index contributed by atoms with van der Waals surface area (Å²) in [5, 5.41) is 0. The van der Waals surface area contributed by atoms with E-state index in [0.29, 0.717) is 74.5 Å². The molecule has 1 atom stereocenters. The molecule has 2 aliphatic rings. The molecule has 2 aliphatic heterocycles. The molecule has 1 aromatic carbocycles. The van der Waals surface area contributed by atoms with Gasteiger partial charge in [-0.15, -0.1) is 0 Å². The van der Waals surface area contributed by atoms with Crippen molar-refractivity contribution in [3.05, 3.63) is 59.5 Å². The molecule has 0 amide bonds. The highest BCUT2D eigenvalue weighted by molar-refractivity contribution is 5.66. The maximum Gasteiger partial charge on any atom is 0.419 e. The highest BCUT2D eigenvalue weighted by Gasteiger charge is 2.37. The second kappa shape index (κ2) is 10.1. The minimum Gasteiger partial charge on any atom is -0.378 e. The molecule has 11 heteroatoms. The van der Waals surface area contributed by atoms with E-state index in [1.54, 1.807) is 17.9 Å². The molecule has 0 bridgehead atoms. The van der Waals surface area contributed by atoms with Crippen LogP contribution in [0.5, 0.6) is 0 Å². The van der Waals surface area contributed by atoms with Crippen LogP contribution in [0.15, 0.2) is 42.6 Å². The number of benzene rings is 1. The quantitative estimate of drug-likeness (QED) is 0.472. The van der Waals surface area contributed by atoms with Gasteiger partial charge in [-0.1, -0.05) is 12.1 Å². The predicted molar refractivity (Wildman–Crippen MR) is 133 cm³/mol. The SMILES string of the molecule is Cc1ccc(-c2cc(N3CCN(c4ncccc4C(F)(F)F)C[C@H]3C)nc(N3CCOCC3)n2)cc1F. The average Bonchev–Trinajstić information content (AvgIpc) is 2.90. The van der Waals surface area contributed by atoms with Crippen LogP contribution in [0.25, 0.3) is 11.3 Å². The van der Waals surface area contributed by atoms with Crippen molar-refractivity contribution in [3.63, 3.8) is 0 Å². The van der Waals surface area contributed by atoms with E-state index in [0.717, 1.165) is 6.07 Å². The van der Waals surface area contributed by atoms with E-state index in [9.17, 15) is 17.6 Å². The van der Waals surface area contributed by atoms with Crippen molar-refractivity contribution in [3.8, 4) is 11.3 Å². The molecule has 0 radical (unpaired) electrons. The molecule has 0 aliphatic carbocycles. The smallest absolute Gasteiger partial charge is 0.378 e. The topological polar surface area (TPSA) is 57.6 Å². The highest BCUT2D eigenvalue weighted by atomic mass is 19.4. The van der Waals surface area contributed by atoms with Crippen LogP contribution in [-0.4, -0.2) is 66.9 Å². The summed E-state index contributed by atoms with van der Waals surface area (Å²) in [5.74, 6) is 0.796. The summed E-state index contributed by atoms with van der Waals surface area (Å²) in [4.78, 5) is 19.4. The van der Waals surface area contributed by atoms with Crippen LogP contribution in [0, 0.1) is 12.7 Å². The zero-order valence-corrected chi connectivity index (χ0v) is 20.7. The summed E-state index contributed by atoms with van der Waals surface area (Å²) in [5.41, 5.74) is 1.03. The van der Waals surface area contributed by atoms with Crippen molar-refractivity contribution in [1.82, 2.24) is 15.0 Å². The van der Waals surface area contributed by atoms with E-state index < -0.39 is 11.7 Å². The van der Waals surface area contributed by atoms with Gasteiger partial charge < -0.3 is 19.4 Å². The molecule has 37 heavy (non-hydrogen) atoms. The first kappa shape index (κ1) is 25.2. The number of hydrogen-bond acceptors (Lipinski definition) is 7. The van der Waals surface area contributed by atoms with Gasteiger partial charge in [0.05, 0.1) is 24.5 Å². The number of nitrogens with zero attached hydrogens (tertiary/aromatic N) is 6. The van der Waals surface area contributed by atoms with Crippen LogP contribution >= 0.6 is 0 Å². The zero-order valence-electron chi connectivity index (χ0n) is 20.7. The Hall–Kier alpha value is -3.47. The number of aromatic nitrogens is 3. The Labute approximate surface area is 212 Å². The largest absolute Gasteiger partial charge is 0.419 e. The molecule has 2 fully saturated rings. The minimum absolute atomic E-state index is 0.0611. The van der Waals surface area contributed by atoms with Crippen molar-refractivity contribution >= 4 is 17.6 Å². The van der Waals surface area contributed by atoms with Crippen LogP contribution in [0.3, 0.4) is 0 Å². The molecule has 0 N–H and O–H groups in total. The normalized spacial score (nSPS) is 18.9. The first-order valence-electron chi connectivity index (χ1n) is 12.2. The molecular weight excluding hydrogens is 488 g/mol. The number of rotatable bonds is 4. The van der Waals surface area contributed by atoms with E-state index in [1.807, 2.05) is 24.0 Å². The molecule has 0 saturated carbocycles. The van der Waals surface area contributed by atoms with Gasteiger partial charge in [0.25, 0.3) is 0 Å². The Morgan fingerprint density at radius 2 is 1.76 bits per heavy atom. The van der Waals surface area contributed by atoms with Gasteiger partial charge in [-0.05, 0) is 37.6 Å². The highest BCUT2D eigenvalue weighted by Crippen LogP contribution is 2.36. The van der Waals surface area contributed by atoms with E-state index in [4.69, 9.17) is 14.7 Å². The van der Waals surface area contributed by atoms with Crippen LogP contribution in [0.1, 0.15) is 18.1 Å². The summed E-state index contributed by atoms with van der Waals surface area (Å²) in [6, 6.07) is 9.03. The summed E-state index contributed by atoms with van der Waals surface area (Å²) >= 11 is 0. The number of pyridine rings is 1. The van der Waals surface area contributed by atoms with E-state index in [-0.39, 0.29) is 17.7 Å². The Morgan fingerprint density at radius 1 is 0.973 bits per heavy atom. The van der Waals surface area contributed by atoms with Crippen molar-refractivity contribution in [1.29, 1.82) is 0 Å². The molecule has 5 rings (SSSR count). The van der Waals surface area contributed by atoms with Crippen molar-refractivity contribution < 1.29 is 22.3 Å². The van der Waals surface area contributed by atoms with Crippen LogP contribution in [0.2, 0.25) is 0 Å². The lowest BCUT2D eigenvalue weighted by Gasteiger charge is -2.42. The summed E-state index contributed by atoms with van der Waals surface area (Å²) in [7, 11) is 0. The molecule has 2 aromatic heterocycles. The lowest BCUT2D eigenvalue weighted by molar-refractivity contribution is -0.137. The first-order valence-corrected chi connectivity index (χ1v) is 12.2. The third kappa shape index (κ3) is 5.31. The Bertz CT molecular complexity index is 1260. The third-order valence-electron chi connectivity index (χ3n) is 6.78. The lowest BCUT2D eigenvalue weighted by atomic mass is 10.1. The maximum absolute atomic E-state index is 14.4. The number of aryl methyl sites for hydroxylation is 1. The number of anilines is 3. The van der Waals surface area contributed by atoms with Gasteiger partial charge in [-0.25, -0.2) is 14.4 Å². The monoisotopic (exact) mass is 516 g/mol. The van der Waals surface area contributed by atoms with Gasteiger partial charge in [0, 0.05) is 56.6 Å². The van der Waals surface area contributed by atoms with Crippen LogP contribution in [-0.2, 0) is 10.9 Å². The van der Waals surface area contributed by atoms with E-state index in [2.05, 4.69) is 9.88 Å². The van der Waals surface area contributed by atoms with Gasteiger partial charge in [0.1, 0.15) is 17.5 Å². The molecule has 0 unspecified atom stereocenters. The number of morpholine rings is 1. The van der Waals surface area contributed by atoms with Gasteiger partial charge in [0.2, 0.25) is 5.95 Å². The second-order valence-electron chi connectivity index (χ2n) is 9.34. The summed E-state index contributed by atoms with van der Waals surface area (Å²) < 4.78 is 60.6. The number of halogens is 4. The number of ether oxygens (including phenoxy) is 1. The minimum atomic E-state index is -4.48. The first-order chi connectivity index (χ1) is 17.7. The Balaban J connectivity index is 1.47. The standard InChI is InChI=1S/C26H28F4N6O/c1-17-5-6-19(14-21(17)27)22-15-23(33-25(32-22)34-10-12-37-13-11-34)36-9-8-35(16-18(36)2)24-20(26(28,29)30)4-3-7-31-24/h3-7,14-15,18H,8-13,16H2,1-2H3/t18-/m1/s1. The van der Waals surface area contributed by atoms with Gasteiger partial charge in [-0.3, -0.25) is 0 Å². The molecule has 4 heterocycles. The van der Waals surface area contributed by atoms with E-state index >= 15 is 0 Å². The second-order valence-corrected chi connectivity index (χ2v) is 9.34. The lowest BCUT2D eigenvalue weighted by Crippen LogP contribution is -2.53. The number of hydrogen-bond donors (Lipinski definition) is 0. The van der Waals surface area contributed by atoms with Gasteiger partial charge in [-0.2, -0.15) is 18.2 Å². The average molecular weight is 517 g/mol. The van der Waals surface area contributed by atoms with Gasteiger partial charge in [0.15, 0.2) is 0 Å². The molecule has 2 saturated heterocycles. The zero-order chi connectivity index (χ0) is 26.2. The molecule has 0 spiro atoms. The van der Waals surface area contributed by atoms with E-state index in [1.165, 1.54) is 18.3 Å². The molecule has 196 valence electrons. The predicted octanol–water partition coefficient (Wildman–Crippen LogP) is 4.56. The molecule has 7 nitrogen and oxygen atoms in total. The molecular formula is C26H28F4N6O. The maximum atomic E-state index is 14.4. The Morgan fingerprint density at radius 3 is 2.46 bits per heavy atom. The molecule has 3 aromatic rings. The van der Waals surface area contributed by atoms with Crippen molar-refractivity contribution in [2.75, 3.05) is 60.6 Å². The fourth-order valence-electron chi connectivity index (χ4n) is 4.73. The fraction of sp³-hybridized carbons (Fsp3) is 0.423. The summed E-state index contributed by atoms with van der Waals surface area (Å²) in [6.07, 6.45) is -3.10. The summed E-state index contributed by atoms with van der Waals surface area (Å²) in [6.45, 7) is 7.16. The Kier molecular flexibility index (Phi) is 6.89. The van der Waals surface area contributed by atoms with Crippen LogP contribution in [0.4, 0.5) is 35.1 Å². The number of piperazine rings is 1.